The molecule has 24 heavy (non-hydrogen) atoms. The summed E-state index contributed by atoms with van der Waals surface area (Å²) in [5.74, 6) is 1.92. The number of nitrogens with one attached hydrogen (secondary N) is 1. The summed E-state index contributed by atoms with van der Waals surface area (Å²) in [6.45, 7) is 10.2. The van der Waals surface area contributed by atoms with E-state index in [1.54, 1.807) is 7.05 Å². The molecule has 0 spiro atoms. The molecule has 0 amide bonds. The van der Waals surface area contributed by atoms with Crippen molar-refractivity contribution in [2.75, 3.05) is 33.8 Å². The average Bonchev–Trinajstić information content (AvgIpc) is 3.10. The molecule has 0 aliphatic carbocycles. The lowest BCUT2D eigenvalue weighted by molar-refractivity contribution is -0.145. The maximum Gasteiger partial charge on any atom is 0.310 e. The molecule has 7 heteroatoms. The van der Waals surface area contributed by atoms with Crippen molar-refractivity contribution in [2.45, 2.75) is 33.6 Å². The first-order valence-electron chi connectivity index (χ1n) is 8.35. The summed E-state index contributed by atoms with van der Waals surface area (Å²) in [6, 6.07) is 0. The second kappa shape index (κ2) is 7.68. The fourth-order valence-corrected chi connectivity index (χ4v) is 3.47. The largest absolute Gasteiger partial charge is 0.469 e. The van der Waals surface area contributed by atoms with Gasteiger partial charge in [0, 0.05) is 38.2 Å². The smallest absolute Gasteiger partial charge is 0.310 e. The summed E-state index contributed by atoms with van der Waals surface area (Å²) < 4.78 is 10.1. The number of carbonyl (C=O) groups is 1. The van der Waals surface area contributed by atoms with Crippen LogP contribution >= 0.6 is 0 Å². The topological polar surface area (TPSA) is 80.0 Å². The maximum atomic E-state index is 11.9. The molecule has 1 aromatic rings. The highest BCUT2D eigenvalue weighted by Gasteiger charge is 2.36. The predicted octanol–water partition coefficient (Wildman–Crippen LogP) is 1.71. The van der Waals surface area contributed by atoms with E-state index in [9.17, 15) is 4.79 Å². The highest BCUT2D eigenvalue weighted by atomic mass is 16.5. The van der Waals surface area contributed by atoms with Crippen LogP contribution in [-0.4, -0.2) is 55.8 Å². The second-order valence-electron chi connectivity index (χ2n) is 6.58. The number of hydrogen-bond donors (Lipinski definition) is 1. The molecule has 1 saturated heterocycles. The number of aryl methyl sites for hydroxylation is 2. The summed E-state index contributed by atoms with van der Waals surface area (Å²) >= 11 is 0. The van der Waals surface area contributed by atoms with Gasteiger partial charge in [0.15, 0.2) is 5.96 Å². The first-order valence-corrected chi connectivity index (χ1v) is 8.35. The highest BCUT2D eigenvalue weighted by Crippen LogP contribution is 2.25. The van der Waals surface area contributed by atoms with Gasteiger partial charge in [0.2, 0.25) is 0 Å². The number of aliphatic imine (C=N–C) groups is 1. The fourth-order valence-electron chi connectivity index (χ4n) is 3.47. The van der Waals surface area contributed by atoms with E-state index in [2.05, 4.69) is 34.2 Å². The van der Waals surface area contributed by atoms with E-state index >= 15 is 0 Å². The number of ether oxygens (including phenoxy) is 1. The van der Waals surface area contributed by atoms with Crippen LogP contribution in [0.3, 0.4) is 0 Å². The van der Waals surface area contributed by atoms with Crippen molar-refractivity contribution in [3.63, 3.8) is 0 Å². The minimum atomic E-state index is -0.149. The zero-order valence-electron chi connectivity index (χ0n) is 15.4. The van der Waals surface area contributed by atoms with E-state index in [4.69, 9.17) is 9.26 Å². The van der Waals surface area contributed by atoms with Gasteiger partial charge in [0.05, 0.1) is 18.7 Å². The molecule has 1 fully saturated rings. The van der Waals surface area contributed by atoms with Gasteiger partial charge in [-0.2, -0.15) is 0 Å². The Kier molecular flexibility index (Phi) is 5.85. The van der Waals surface area contributed by atoms with Crippen LogP contribution in [0.1, 0.15) is 36.8 Å². The van der Waals surface area contributed by atoms with E-state index in [0.29, 0.717) is 6.54 Å². The van der Waals surface area contributed by atoms with Crippen molar-refractivity contribution in [3.8, 4) is 0 Å². The van der Waals surface area contributed by atoms with Crippen LogP contribution in [0.4, 0.5) is 0 Å². The molecule has 0 bridgehead atoms. The van der Waals surface area contributed by atoms with E-state index in [1.165, 1.54) is 7.11 Å². The van der Waals surface area contributed by atoms with Gasteiger partial charge in [-0.25, -0.2) is 0 Å². The number of likely N-dealkylation sites (tertiary alicyclic amines) is 1. The Morgan fingerprint density at radius 3 is 2.75 bits per heavy atom. The third-order valence-corrected chi connectivity index (χ3v) is 4.78. The summed E-state index contributed by atoms with van der Waals surface area (Å²) in [5.41, 5.74) is 2.07. The Morgan fingerprint density at radius 1 is 1.50 bits per heavy atom. The molecule has 1 aliphatic heterocycles. The summed E-state index contributed by atoms with van der Waals surface area (Å²) in [7, 11) is 3.20. The molecule has 7 nitrogen and oxygen atoms in total. The van der Waals surface area contributed by atoms with Gasteiger partial charge < -0.3 is 19.5 Å². The molecule has 0 saturated carbocycles. The van der Waals surface area contributed by atoms with Crippen LogP contribution in [-0.2, 0) is 9.53 Å². The number of esters is 1. The molecule has 1 aromatic heterocycles. The summed E-state index contributed by atoms with van der Waals surface area (Å²) in [5, 5.41) is 7.42. The number of rotatable bonds is 4. The molecule has 3 unspecified atom stereocenters. The first-order chi connectivity index (χ1) is 11.4. The van der Waals surface area contributed by atoms with Gasteiger partial charge in [0.25, 0.3) is 0 Å². The first kappa shape index (κ1) is 18.3. The van der Waals surface area contributed by atoms with Crippen molar-refractivity contribution >= 4 is 11.9 Å². The quantitative estimate of drug-likeness (QED) is 0.512. The van der Waals surface area contributed by atoms with Crippen molar-refractivity contribution in [2.24, 2.45) is 16.8 Å². The Bertz CT molecular complexity index is 591. The lowest BCUT2D eigenvalue weighted by atomic mass is 9.99. The van der Waals surface area contributed by atoms with Gasteiger partial charge in [0.1, 0.15) is 5.76 Å². The van der Waals surface area contributed by atoms with Crippen LogP contribution in [0, 0.1) is 25.7 Å². The normalized spacial score (nSPS) is 22.6. The van der Waals surface area contributed by atoms with Crippen LogP contribution in [0.2, 0.25) is 0 Å². The molecule has 134 valence electrons. The SMILES string of the molecule is CN=C(NCC(C)c1c(C)noc1C)N1CC(C)C(C(=O)OC)C1. The van der Waals surface area contributed by atoms with Gasteiger partial charge >= 0.3 is 5.97 Å². The Balaban J connectivity index is 1.97. The van der Waals surface area contributed by atoms with Gasteiger partial charge in [-0.15, -0.1) is 0 Å². The monoisotopic (exact) mass is 336 g/mol. The molecule has 2 heterocycles. The Hall–Kier alpha value is -2.05. The zero-order chi connectivity index (χ0) is 17.9. The lowest BCUT2D eigenvalue weighted by Gasteiger charge is -2.23. The van der Waals surface area contributed by atoms with Crippen LogP contribution in [0.5, 0.6) is 0 Å². The molecule has 2 rings (SSSR count). The van der Waals surface area contributed by atoms with Gasteiger partial charge in [-0.1, -0.05) is 19.0 Å². The number of aromatic nitrogens is 1. The van der Waals surface area contributed by atoms with E-state index in [-0.39, 0.29) is 23.7 Å². The Labute approximate surface area is 143 Å². The van der Waals surface area contributed by atoms with E-state index < -0.39 is 0 Å². The number of methoxy groups -OCH3 is 1. The molecule has 1 N–H and O–H groups in total. The molecule has 0 radical (unpaired) electrons. The summed E-state index contributed by atoms with van der Waals surface area (Å²) in [4.78, 5) is 18.3. The number of hydrogen-bond acceptors (Lipinski definition) is 5. The molecular weight excluding hydrogens is 308 g/mol. The molecule has 1 aliphatic rings. The standard InChI is InChI=1S/C17H28N4O3/c1-10(15-12(3)20-24-13(15)4)7-19-17(18-5)21-8-11(2)14(9-21)16(22)23-6/h10-11,14H,7-9H2,1-6H3,(H,18,19). The molecule has 3 atom stereocenters. The maximum absolute atomic E-state index is 11.9. The van der Waals surface area contributed by atoms with Crippen molar-refractivity contribution < 1.29 is 14.1 Å². The number of nitrogens with zero attached hydrogens (tertiary/aromatic N) is 3. The second-order valence-corrected chi connectivity index (χ2v) is 6.58. The third-order valence-electron chi connectivity index (χ3n) is 4.78. The minimum absolute atomic E-state index is 0.103. The van der Waals surface area contributed by atoms with E-state index in [0.717, 1.165) is 36.1 Å². The van der Waals surface area contributed by atoms with Gasteiger partial charge in [-0.05, 0) is 19.8 Å². The van der Waals surface area contributed by atoms with Crippen molar-refractivity contribution in [1.82, 2.24) is 15.4 Å². The van der Waals surface area contributed by atoms with Gasteiger partial charge in [-0.3, -0.25) is 9.79 Å². The van der Waals surface area contributed by atoms with E-state index in [1.807, 2.05) is 13.8 Å². The average molecular weight is 336 g/mol. The predicted molar refractivity (Wildman–Crippen MR) is 92.0 cm³/mol. The lowest BCUT2D eigenvalue weighted by Crippen LogP contribution is -2.42. The zero-order valence-corrected chi connectivity index (χ0v) is 15.4. The summed E-state index contributed by atoms with van der Waals surface area (Å²) in [6.07, 6.45) is 0. The number of guanidine groups is 1. The molecular formula is C17H28N4O3. The van der Waals surface area contributed by atoms with Crippen molar-refractivity contribution in [1.29, 1.82) is 0 Å². The van der Waals surface area contributed by atoms with Crippen LogP contribution in [0.15, 0.2) is 9.52 Å². The number of carbonyl (C=O) groups excluding carboxylic acids is 1. The highest BCUT2D eigenvalue weighted by molar-refractivity contribution is 5.82. The van der Waals surface area contributed by atoms with Crippen LogP contribution in [0.25, 0.3) is 0 Å². The van der Waals surface area contributed by atoms with Crippen molar-refractivity contribution in [3.05, 3.63) is 17.0 Å². The Morgan fingerprint density at radius 2 is 2.21 bits per heavy atom. The minimum Gasteiger partial charge on any atom is -0.469 e. The molecule has 0 aromatic carbocycles. The van der Waals surface area contributed by atoms with Crippen LogP contribution < -0.4 is 5.32 Å². The fraction of sp³-hybridized carbons (Fsp3) is 0.706. The third kappa shape index (κ3) is 3.71.